The normalized spacial score (nSPS) is 16.3. The van der Waals surface area contributed by atoms with Gasteiger partial charge in [0.25, 0.3) is 5.91 Å². The number of carbonyl (C=O) groups excluding carboxylic acids is 1. The molecule has 0 radical (unpaired) electrons. The van der Waals surface area contributed by atoms with Gasteiger partial charge in [0, 0.05) is 11.4 Å². The van der Waals surface area contributed by atoms with Gasteiger partial charge in [-0.25, -0.2) is 0 Å². The molecule has 1 aromatic rings. The summed E-state index contributed by atoms with van der Waals surface area (Å²) in [5.74, 6) is -0.925. The Balaban J connectivity index is 2.02. The molecule has 0 spiro atoms. The van der Waals surface area contributed by atoms with E-state index in [9.17, 15) is 14.7 Å². The van der Waals surface area contributed by atoms with Gasteiger partial charge in [0.05, 0.1) is 10.3 Å². The van der Waals surface area contributed by atoms with Crippen LogP contribution in [0, 0.1) is 5.41 Å². The number of rotatable bonds is 7. The first-order valence-electron chi connectivity index (χ1n) is 7.65. The van der Waals surface area contributed by atoms with Crippen LogP contribution in [-0.4, -0.2) is 23.5 Å². The Morgan fingerprint density at radius 2 is 2.10 bits per heavy atom. The average Bonchev–Trinajstić information content (AvgIpc) is 2.80. The highest BCUT2D eigenvalue weighted by atomic mass is 32.1. The molecule has 0 atom stereocenters. The number of thiophene rings is 1. The third-order valence-electron chi connectivity index (χ3n) is 4.33. The number of nitrogens with one attached hydrogen (secondary N) is 1. The number of carbonyl (C=O) groups is 2. The van der Waals surface area contributed by atoms with Crippen molar-refractivity contribution in [2.75, 3.05) is 6.54 Å². The molecular formula is C16H23NO3S. The quantitative estimate of drug-likeness (QED) is 0.812. The first-order valence-corrected chi connectivity index (χ1v) is 8.47. The zero-order valence-corrected chi connectivity index (χ0v) is 13.5. The fourth-order valence-corrected chi connectivity index (χ4v) is 3.99. The molecule has 0 unspecified atom stereocenters. The van der Waals surface area contributed by atoms with Gasteiger partial charge in [0.1, 0.15) is 0 Å². The van der Waals surface area contributed by atoms with Crippen molar-refractivity contribution in [3.63, 3.8) is 0 Å². The number of aliphatic carboxylic acids is 1. The van der Waals surface area contributed by atoms with Gasteiger partial charge >= 0.3 is 5.97 Å². The number of aryl methyl sites for hydroxylation is 2. The van der Waals surface area contributed by atoms with Gasteiger partial charge in [-0.15, -0.1) is 11.3 Å². The van der Waals surface area contributed by atoms with Crippen molar-refractivity contribution in [2.45, 2.75) is 52.4 Å². The summed E-state index contributed by atoms with van der Waals surface area (Å²) in [5.41, 5.74) is 0.510. The maximum atomic E-state index is 12.2. The molecule has 0 bridgehead atoms. The summed E-state index contributed by atoms with van der Waals surface area (Å²) in [6.07, 6.45) is 5.25. The lowest BCUT2D eigenvalue weighted by Gasteiger charge is -2.37. The van der Waals surface area contributed by atoms with Crippen LogP contribution in [-0.2, 0) is 17.6 Å². The number of carboxylic acids is 1. The van der Waals surface area contributed by atoms with E-state index in [1.807, 2.05) is 6.07 Å². The van der Waals surface area contributed by atoms with E-state index in [1.165, 1.54) is 10.4 Å². The summed E-state index contributed by atoms with van der Waals surface area (Å²) in [4.78, 5) is 25.5. The minimum absolute atomic E-state index is 0.135. The Morgan fingerprint density at radius 3 is 2.57 bits per heavy atom. The van der Waals surface area contributed by atoms with E-state index in [0.717, 1.165) is 25.7 Å². The van der Waals surface area contributed by atoms with E-state index >= 15 is 0 Å². The van der Waals surface area contributed by atoms with E-state index in [1.54, 1.807) is 11.3 Å². The summed E-state index contributed by atoms with van der Waals surface area (Å²) in [7, 11) is 0. The van der Waals surface area contributed by atoms with Crippen LogP contribution in [0.25, 0.3) is 0 Å². The molecule has 0 aliphatic heterocycles. The van der Waals surface area contributed by atoms with E-state index in [2.05, 4.69) is 19.2 Å². The summed E-state index contributed by atoms with van der Waals surface area (Å²) < 4.78 is 0. The van der Waals surface area contributed by atoms with Gasteiger partial charge in [0.2, 0.25) is 0 Å². The first-order chi connectivity index (χ1) is 10.0. The van der Waals surface area contributed by atoms with Crippen LogP contribution in [0.3, 0.4) is 0 Å². The predicted molar refractivity (Wildman–Crippen MR) is 83.9 cm³/mol. The van der Waals surface area contributed by atoms with Crippen LogP contribution < -0.4 is 5.32 Å². The molecule has 1 aromatic heterocycles. The molecule has 1 heterocycles. The topological polar surface area (TPSA) is 66.4 Å². The highest BCUT2D eigenvalue weighted by molar-refractivity contribution is 7.14. The largest absolute Gasteiger partial charge is 0.481 e. The van der Waals surface area contributed by atoms with Crippen molar-refractivity contribution in [3.8, 4) is 0 Å². The van der Waals surface area contributed by atoms with Crippen LogP contribution in [0.2, 0.25) is 0 Å². The summed E-state index contributed by atoms with van der Waals surface area (Å²) in [6.45, 7) is 4.46. The standard InChI is InChI=1S/C16H23NO3S/c1-3-6-12-11(4-2)9-13(21-12)14(18)17-10-16(15(19)20)7-5-8-16/h9H,3-8,10H2,1-2H3,(H,17,18)(H,19,20). The van der Waals surface area contributed by atoms with E-state index < -0.39 is 11.4 Å². The van der Waals surface area contributed by atoms with Crippen molar-refractivity contribution in [2.24, 2.45) is 5.41 Å². The SMILES string of the molecule is CCCc1sc(C(=O)NCC2(C(=O)O)CCC2)cc1CC. The van der Waals surface area contributed by atoms with Gasteiger partial charge in [-0.2, -0.15) is 0 Å². The minimum Gasteiger partial charge on any atom is -0.481 e. The molecule has 1 saturated carbocycles. The molecule has 21 heavy (non-hydrogen) atoms. The van der Waals surface area contributed by atoms with Crippen molar-refractivity contribution in [1.82, 2.24) is 5.32 Å². The monoisotopic (exact) mass is 309 g/mol. The molecule has 0 aromatic carbocycles. The van der Waals surface area contributed by atoms with Gasteiger partial charge in [-0.3, -0.25) is 9.59 Å². The fourth-order valence-electron chi connectivity index (χ4n) is 2.72. The maximum absolute atomic E-state index is 12.2. The number of hydrogen-bond acceptors (Lipinski definition) is 3. The Morgan fingerprint density at radius 1 is 1.38 bits per heavy atom. The summed E-state index contributed by atoms with van der Waals surface area (Å²) in [6, 6.07) is 1.96. The Hall–Kier alpha value is -1.36. The lowest BCUT2D eigenvalue weighted by Crippen LogP contribution is -2.47. The van der Waals surface area contributed by atoms with Crippen molar-refractivity contribution in [3.05, 3.63) is 21.4 Å². The zero-order valence-electron chi connectivity index (χ0n) is 12.7. The molecule has 5 heteroatoms. The van der Waals surface area contributed by atoms with Gasteiger partial charge in [-0.1, -0.05) is 26.7 Å². The van der Waals surface area contributed by atoms with E-state index in [4.69, 9.17) is 0 Å². The minimum atomic E-state index is -0.791. The second-order valence-electron chi connectivity index (χ2n) is 5.78. The molecule has 2 N–H and O–H groups in total. The first kappa shape index (κ1) is 16.0. The third-order valence-corrected chi connectivity index (χ3v) is 5.57. The van der Waals surface area contributed by atoms with E-state index in [-0.39, 0.29) is 12.5 Å². The third kappa shape index (κ3) is 3.28. The van der Waals surface area contributed by atoms with Crippen LogP contribution in [0.1, 0.15) is 59.6 Å². The molecular weight excluding hydrogens is 286 g/mol. The number of carboxylic acid groups (broad SMARTS) is 1. The molecule has 0 saturated heterocycles. The van der Waals surface area contributed by atoms with Gasteiger partial charge < -0.3 is 10.4 Å². The summed E-state index contributed by atoms with van der Waals surface area (Å²) >= 11 is 1.54. The maximum Gasteiger partial charge on any atom is 0.311 e. The highest BCUT2D eigenvalue weighted by Crippen LogP contribution is 2.40. The number of amides is 1. The predicted octanol–water partition coefficient (Wildman–Crippen LogP) is 3.25. The summed E-state index contributed by atoms with van der Waals surface area (Å²) in [5, 5.41) is 12.1. The fraction of sp³-hybridized carbons (Fsp3) is 0.625. The van der Waals surface area contributed by atoms with Crippen LogP contribution >= 0.6 is 11.3 Å². The van der Waals surface area contributed by atoms with Crippen LogP contribution in [0.4, 0.5) is 0 Å². The van der Waals surface area contributed by atoms with Crippen LogP contribution in [0.15, 0.2) is 6.07 Å². The second kappa shape index (κ2) is 6.60. The molecule has 1 aliphatic rings. The van der Waals surface area contributed by atoms with Crippen molar-refractivity contribution >= 4 is 23.2 Å². The smallest absolute Gasteiger partial charge is 0.311 e. The number of hydrogen-bond donors (Lipinski definition) is 2. The Labute approximate surface area is 129 Å². The van der Waals surface area contributed by atoms with Crippen molar-refractivity contribution in [1.29, 1.82) is 0 Å². The molecule has 1 fully saturated rings. The lowest BCUT2D eigenvalue weighted by atomic mass is 9.69. The Kier molecular flexibility index (Phi) is 5.04. The van der Waals surface area contributed by atoms with Crippen molar-refractivity contribution < 1.29 is 14.7 Å². The molecule has 116 valence electrons. The Bertz CT molecular complexity index is 532. The van der Waals surface area contributed by atoms with Gasteiger partial charge in [0.15, 0.2) is 0 Å². The molecule has 4 nitrogen and oxygen atoms in total. The molecule has 1 aliphatic carbocycles. The highest BCUT2D eigenvalue weighted by Gasteiger charge is 2.44. The second-order valence-corrected chi connectivity index (χ2v) is 6.92. The van der Waals surface area contributed by atoms with E-state index in [0.29, 0.717) is 17.7 Å². The molecule has 2 rings (SSSR count). The lowest BCUT2D eigenvalue weighted by molar-refractivity contribution is -0.153. The van der Waals surface area contributed by atoms with Crippen LogP contribution in [0.5, 0.6) is 0 Å². The molecule has 1 amide bonds. The average molecular weight is 309 g/mol. The van der Waals surface area contributed by atoms with Gasteiger partial charge in [-0.05, 0) is 37.3 Å². The zero-order chi connectivity index (χ0) is 15.5.